The fourth-order valence-electron chi connectivity index (χ4n) is 4.93. The van der Waals surface area contributed by atoms with Crippen LogP contribution in [0.4, 0.5) is 0 Å². The molecule has 0 aromatic heterocycles. The van der Waals surface area contributed by atoms with Crippen molar-refractivity contribution in [3.63, 3.8) is 0 Å². The Morgan fingerprint density at radius 2 is 1.12 bits per heavy atom. The molecule has 0 fully saturated rings. The summed E-state index contributed by atoms with van der Waals surface area (Å²) in [5.41, 5.74) is 5.78. The van der Waals surface area contributed by atoms with Gasteiger partial charge in [-0.2, -0.15) is 0 Å². The number of carbonyl (C=O) groups excluding carboxylic acids is 1. The van der Waals surface area contributed by atoms with Crippen LogP contribution in [0, 0.1) is 5.92 Å². The zero-order chi connectivity index (χ0) is 22.7. The molecule has 2 atom stereocenters. The third-order valence-corrected chi connectivity index (χ3v) is 6.61. The van der Waals surface area contributed by atoms with Crippen LogP contribution < -0.4 is 0 Å². The number of carbonyl (C=O) groups is 1. The molecule has 0 N–H and O–H groups in total. The van der Waals surface area contributed by atoms with Crippen molar-refractivity contribution in [2.75, 3.05) is 0 Å². The van der Waals surface area contributed by atoms with Gasteiger partial charge in [0.2, 0.25) is 0 Å². The highest BCUT2D eigenvalue weighted by molar-refractivity contribution is 6.09. The number of benzene rings is 4. The first-order valence-electron chi connectivity index (χ1n) is 11.4. The molecule has 0 radical (unpaired) electrons. The number of hydrogen-bond acceptors (Lipinski definition) is 1. The molecule has 1 aliphatic rings. The van der Waals surface area contributed by atoms with Gasteiger partial charge in [0.1, 0.15) is 0 Å². The van der Waals surface area contributed by atoms with E-state index in [1.807, 2.05) is 60.7 Å². The summed E-state index contributed by atoms with van der Waals surface area (Å²) in [5.74, 6) is -0.211. The van der Waals surface area contributed by atoms with Crippen molar-refractivity contribution in [3.8, 4) is 0 Å². The maximum absolute atomic E-state index is 14.1. The van der Waals surface area contributed by atoms with Gasteiger partial charge >= 0.3 is 0 Å². The second-order valence-electron chi connectivity index (χ2n) is 8.74. The maximum atomic E-state index is 14.1. The first-order chi connectivity index (χ1) is 16.2. The molecule has 5 rings (SSSR count). The monoisotopic (exact) mass is 426 g/mol. The van der Waals surface area contributed by atoms with Gasteiger partial charge in [-0.05, 0) is 27.8 Å². The van der Waals surface area contributed by atoms with Crippen LogP contribution in [0.1, 0.15) is 34.0 Å². The van der Waals surface area contributed by atoms with Crippen molar-refractivity contribution in [3.05, 3.63) is 156 Å². The predicted molar refractivity (Wildman–Crippen MR) is 137 cm³/mol. The van der Waals surface area contributed by atoms with Gasteiger partial charge in [0.25, 0.3) is 0 Å². The Balaban J connectivity index is 1.77. The van der Waals surface area contributed by atoms with Crippen LogP contribution in [0.5, 0.6) is 0 Å². The molecular formula is C32H26O. The van der Waals surface area contributed by atoms with Crippen molar-refractivity contribution < 1.29 is 4.79 Å². The van der Waals surface area contributed by atoms with Gasteiger partial charge in [0.05, 0.1) is 5.92 Å². The first kappa shape index (κ1) is 20.9. The van der Waals surface area contributed by atoms with E-state index in [0.29, 0.717) is 0 Å². The molecule has 2 unspecified atom stereocenters. The summed E-state index contributed by atoms with van der Waals surface area (Å²) in [4.78, 5) is 14.1. The molecule has 33 heavy (non-hydrogen) atoms. The number of hydrogen-bond donors (Lipinski definition) is 0. The van der Waals surface area contributed by atoms with Gasteiger partial charge in [-0.1, -0.05) is 140 Å². The molecule has 0 saturated carbocycles. The molecular weight excluding hydrogens is 400 g/mol. The molecule has 4 aromatic rings. The van der Waals surface area contributed by atoms with Crippen LogP contribution in [0.3, 0.4) is 0 Å². The molecule has 4 aromatic carbocycles. The van der Waals surface area contributed by atoms with Crippen LogP contribution in [0.2, 0.25) is 0 Å². The largest absolute Gasteiger partial charge is 0.293 e. The molecule has 0 saturated heterocycles. The minimum Gasteiger partial charge on any atom is -0.293 e. The van der Waals surface area contributed by atoms with Crippen LogP contribution >= 0.6 is 0 Å². The SMILES string of the molecule is CC1(c2ccccc2)C=C(c2ccccc2)C=C(c2ccccc2)C1C(=O)c1ccccc1. The van der Waals surface area contributed by atoms with Crippen molar-refractivity contribution >= 4 is 16.9 Å². The van der Waals surface area contributed by atoms with Gasteiger partial charge in [-0.25, -0.2) is 0 Å². The Labute approximate surface area is 195 Å². The van der Waals surface area contributed by atoms with E-state index in [1.165, 1.54) is 0 Å². The summed E-state index contributed by atoms with van der Waals surface area (Å²) >= 11 is 0. The second-order valence-corrected chi connectivity index (χ2v) is 8.74. The number of Topliss-reactive ketones (excluding diaryl/α,β-unsaturated/α-hetero) is 1. The Kier molecular flexibility index (Phi) is 5.62. The van der Waals surface area contributed by atoms with E-state index in [-0.39, 0.29) is 11.7 Å². The highest BCUT2D eigenvalue weighted by atomic mass is 16.1. The fourth-order valence-corrected chi connectivity index (χ4v) is 4.93. The lowest BCUT2D eigenvalue weighted by molar-refractivity contribution is 0.0919. The van der Waals surface area contributed by atoms with Crippen LogP contribution in [-0.2, 0) is 5.41 Å². The van der Waals surface area contributed by atoms with E-state index in [0.717, 1.165) is 33.4 Å². The smallest absolute Gasteiger partial charge is 0.171 e. The van der Waals surface area contributed by atoms with Crippen molar-refractivity contribution in [1.29, 1.82) is 0 Å². The molecule has 0 bridgehead atoms. The molecule has 0 amide bonds. The minimum atomic E-state index is -0.515. The van der Waals surface area contributed by atoms with Gasteiger partial charge in [-0.15, -0.1) is 0 Å². The molecule has 160 valence electrons. The van der Waals surface area contributed by atoms with E-state index >= 15 is 0 Å². The molecule has 1 nitrogen and oxygen atoms in total. The van der Waals surface area contributed by atoms with Gasteiger partial charge in [0, 0.05) is 11.0 Å². The Morgan fingerprint density at radius 3 is 1.70 bits per heavy atom. The summed E-state index contributed by atoms with van der Waals surface area (Å²) in [7, 11) is 0. The third-order valence-electron chi connectivity index (χ3n) is 6.61. The van der Waals surface area contributed by atoms with Gasteiger partial charge < -0.3 is 0 Å². The molecule has 1 aliphatic carbocycles. The van der Waals surface area contributed by atoms with Crippen molar-refractivity contribution in [2.45, 2.75) is 12.3 Å². The number of allylic oxidation sites excluding steroid dienone is 4. The lowest BCUT2D eigenvalue weighted by Gasteiger charge is -2.40. The van der Waals surface area contributed by atoms with Crippen molar-refractivity contribution in [2.24, 2.45) is 5.92 Å². The zero-order valence-electron chi connectivity index (χ0n) is 18.7. The highest BCUT2D eigenvalue weighted by Gasteiger charge is 2.44. The first-order valence-corrected chi connectivity index (χ1v) is 11.4. The second kappa shape index (κ2) is 8.88. The Bertz CT molecular complexity index is 1300. The van der Waals surface area contributed by atoms with Crippen LogP contribution in [0.15, 0.2) is 133 Å². The quantitative estimate of drug-likeness (QED) is 0.300. The average molecular weight is 427 g/mol. The summed E-state index contributed by atoms with van der Waals surface area (Å²) in [6.45, 7) is 2.20. The third kappa shape index (κ3) is 3.99. The normalized spacial score (nSPS) is 20.0. The van der Waals surface area contributed by atoms with E-state index < -0.39 is 5.41 Å². The molecule has 0 spiro atoms. The standard InChI is InChI=1S/C32H26O/c1-32(28-20-12-5-13-21-28)23-27(24-14-6-2-7-15-24)22-29(25-16-8-3-9-17-25)30(32)31(33)26-18-10-4-11-19-26/h2-23,30H,1H3. The lowest BCUT2D eigenvalue weighted by atomic mass is 9.61. The molecule has 0 aliphatic heterocycles. The highest BCUT2D eigenvalue weighted by Crippen LogP contribution is 2.48. The zero-order valence-corrected chi connectivity index (χ0v) is 18.7. The maximum Gasteiger partial charge on any atom is 0.171 e. The predicted octanol–water partition coefficient (Wildman–Crippen LogP) is 7.62. The average Bonchev–Trinajstić information content (AvgIpc) is 2.90. The summed E-state index contributed by atoms with van der Waals surface area (Å²) in [6, 6.07) is 40.8. The van der Waals surface area contributed by atoms with Gasteiger partial charge in [-0.3, -0.25) is 4.79 Å². The Morgan fingerprint density at radius 1 is 0.636 bits per heavy atom. The lowest BCUT2D eigenvalue weighted by Crippen LogP contribution is -2.39. The molecule has 0 heterocycles. The van der Waals surface area contributed by atoms with Crippen LogP contribution in [0.25, 0.3) is 11.1 Å². The minimum absolute atomic E-state index is 0.139. The van der Waals surface area contributed by atoms with Crippen LogP contribution in [-0.4, -0.2) is 5.78 Å². The van der Waals surface area contributed by atoms with E-state index in [9.17, 15) is 4.79 Å². The summed E-state index contributed by atoms with van der Waals surface area (Å²) in [5, 5.41) is 0. The fraction of sp³-hybridized carbons (Fsp3) is 0.0938. The molecule has 1 heteroatoms. The van der Waals surface area contributed by atoms with E-state index in [2.05, 4.69) is 79.7 Å². The van der Waals surface area contributed by atoms with E-state index in [4.69, 9.17) is 0 Å². The van der Waals surface area contributed by atoms with Crippen molar-refractivity contribution in [1.82, 2.24) is 0 Å². The number of rotatable bonds is 5. The number of ketones is 1. The summed E-state index contributed by atoms with van der Waals surface area (Å²) < 4.78 is 0. The van der Waals surface area contributed by atoms with E-state index in [1.54, 1.807) is 0 Å². The summed E-state index contributed by atoms with van der Waals surface area (Å²) in [6.07, 6.45) is 4.50. The Hall–Kier alpha value is -3.97. The topological polar surface area (TPSA) is 17.1 Å². The van der Waals surface area contributed by atoms with Gasteiger partial charge in [0.15, 0.2) is 5.78 Å².